The minimum atomic E-state index is -0.995. The van der Waals surface area contributed by atoms with E-state index in [9.17, 15) is 29.1 Å². The van der Waals surface area contributed by atoms with Crippen LogP contribution in [0.5, 0.6) is 5.75 Å². The first kappa shape index (κ1) is 24.6. The van der Waals surface area contributed by atoms with Crippen LogP contribution in [0, 0.1) is 0 Å². The van der Waals surface area contributed by atoms with Gasteiger partial charge in [-0.1, -0.05) is 12.1 Å². The lowest BCUT2D eigenvalue weighted by Crippen LogP contribution is -2.59. The van der Waals surface area contributed by atoms with Gasteiger partial charge < -0.3 is 31.7 Å². The molecule has 1 aromatic rings. The Balaban J connectivity index is 2.20. The number of benzene rings is 1. The Morgan fingerprint density at radius 3 is 2.41 bits per heavy atom. The van der Waals surface area contributed by atoms with Gasteiger partial charge in [0.1, 0.15) is 17.8 Å². The molecule has 1 saturated heterocycles. The van der Waals surface area contributed by atoms with Crippen LogP contribution in [0.3, 0.4) is 0 Å². The number of aromatic hydroxyl groups is 1. The standard InChI is InChI=1S/C21H29N5O6/c1-13(27)23-12-19(30)25-16(10-14-5-7-15(28)8-6-14)21(32)26-9-3-2-4-17(26)20(31)24-11-18(22)29/h5-8,16-17,28H,2-4,9-12H2,1H3,(H2,22,29)(H,23,27)(H,24,31)(H,25,30)/t16-,17-/m0/s1. The van der Waals surface area contributed by atoms with E-state index in [4.69, 9.17) is 5.73 Å². The Hall–Kier alpha value is -3.63. The van der Waals surface area contributed by atoms with Crippen LogP contribution in [0.1, 0.15) is 31.7 Å². The normalized spacial score (nSPS) is 16.5. The molecule has 0 bridgehead atoms. The van der Waals surface area contributed by atoms with Gasteiger partial charge in [-0.3, -0.25) is 24.0 Å². The predicted molar refractivity (Wildman–Crippen MR) is 114 cm³/mol. The number of piperidine rings is 1. The van der Waals surface area contributed by atoms with Crippen molar-refractivity contribution >= 4 is 29.5 Å². The molecule has 0 saturated carbocycles. The monoisotopic (exact) mass is 447 g/mol. The number of phenolic OH excluding ortho intramolecular Hbond substituents is 1. The van der Waals surface area contributed by atoms with E-state index in [1.807, 2.05) is 0 Å². The van der Waals surface area contributed by atoms with Crippen LogP contribution in [-0.4, -0.2) is 71.3 Å². The number of nitrogens with two attached hydrogens (primary N) is 1. The van der Waals surface area contributed by atoms with Gasteiger partial charge in [-0.25, -0.2) is 0 Å². The molecule has 6 N–H and O–H groups in total. The second kappa shape index (κ2) is 11.7. The molecule has 11 heteroatoms. The molecule has 0 aromatic heterocycles. The molecule has 1 aliphatic rings. The zero-order valence-electron chi connectivity index (χ0n) is 17.9. The Bertz CT molecular complexity index is 857. The van der Waals surface area contributed by atoms with E-state index in [1.54, 1.807) is 12.1 Å². The molecule has 5 amide bonds. The minimum Gasteiger partial charge on any atom is -0.508 e. The van der Waals surface area contributed by atoms with Crippen LogP contribution in [0.2, 0.25) is 0 Å². The summed E-state index contributed by atoms with van der Waals surface area (Å²) in [5, 5.41) is 16.9. The Morgan fingerprint density at radius 1 is 1.09 bits per heavy atom. The highest BCUT2D eigenvalue weighted by Gasteiger charge is 2.36. The van der Waals surface area contributed by atoms with Gasteiger partial charge in [0.15, 0.2) is 0 Å². The van der Waals surface area contributed by atoms with Gasteiger partial charge in [0.25, 0.3) is 0 Å². The summed E-state index contributed by atoms with van der Waals surface area (Å²) in [5.74, 6) is -2.50. The number of nitrogens with zero attached hydrogens (tertiary/aromatic N) is 1. The number of carbonyl (C=O) groups is 5. The van der Waals surface area contributed by atoms with Gasteiger partial charge >= 0.3 is 0 Å². The summed E-state index contributed by atoms with van der Waals surface area (Å²) >= 11 is 0. The van der Waals surface area contributed by atoms with Crippen molar-refractivity contribution in [1.29, 1.82) is 0 Å². The average molecular weight is 447 g/mol. The van der Waals surface area contributed by atoms with Crippen LogP contribution in [-0.2, 0) is 30.4 Å². The highest BCUT2D eigenvalue weighted by Crippen LogP contribution is 2.20. The Labute approximate surface area is 185 Å². The number of rotatable bonds is 9. The smallest absolute Gasteiger partial charge is 0.246 e. The van der Waals surface area contributed by atoms with Crippen molar-refractivity contribution in [2.45, 2.75) is 44.7 Å². The molecule has 0 spiro atoms. The van der Waals surface area contributed by atoms with Crippen LogP contribution in [0.4, 0.5) is 0 Å². The molecule has 174 valence electrons. The first-order valence-electron chi connectivity index (χ1n) is 10.4. The van der Waals surface area contributed by atoms with E-state index in [-0.39, 0.29) is 31.2 Å². The maximum Gasteiger partial charge on any atom is 0.246 e. The van der Waals surface area contributed by atoms with Crippen molar-refractivity contribution in [3.05, 3.63) is 29.8 Å². The third kappa shape index (κ3) is 7.56. The highest BCUT2D eigenvalue weighted by atomic mass is 16.3. The first-order chi connectivity index (χ1) is 15.2. The topological polar surface area (TPSA) is 171 Å². The number of amides is 5. The number of likely N-dealkylation sites (tertiary alicyclic amines) is 1. The van der Waals surface area contributed by atoms with Crippen LogP contribution in [0.15, 0.2) is 24.3 Å². The summed E-state index contributed by atoms with van der Waals surface area (Å²) in [4.78, 5) is 61.8. The van der Waals surface area contributed by atoms with Gasteiger partial charge in [-0.2, -0.15) is 0 Å². The number of primary amides is 1. The van der Waals surface area contributed by atoms with Gasteiger partial charge in [0.2, 0.25) is 29.5 Å². The van der Waals surface area contributed by atoms with Crippen LogP contribution >= 0.6 is 0 Å². The Morgan fingerprint density at radius 2 is 1.78 bits per heavy atom. The SMILES string of the molecule is CC(=O)NCC(=O)N[C@@H](Cc1ccc(O)cc1)C(=O)N1CCCC[C@H]1C(=O)NCC(N)=O. The second-order valence-corrected chi connectivity index (χ2v) is 7.63. The number of carbonyl (C=O) groups excluding carboxylic acids is 5. The molecule has 11 nitrogen and oxygen atoms in total. The fourth-order valence-corrected chi connectivity index (χ4v) is 3.48. The van der Waals surface area contributed by atoms with E-state index in [1.165, 1.54) is 24.0 Å². The number of hydrogen-bond acceptors (Lipinski definition) is 6. The summed E-state index contributed by atoms with van der Waals surface area (Å²) in [6, 6.07) is 4.41. The molecule has 0 unspecified atom stereocenters. The van der Waals surface area contributed by atoms with Gasteiger partial charge in [0, 0.05) is 19.9 Å². The average Bonchev–Trinajstić information content (AvgIpc) is 2.76. The molecular weight excluding hydrogens is 418 g/mol. The summed E-state index contributed by atoms with van der Waals surface area (Å²) in [7, 11) is 0. The largest absolute Gasteiger partial charge is 0.508 e. The summed E-state index contributed by atoms with van der Waals surface area (Å²) in [6.45, 7) is 0.968. The maximum absolute atomic E-state index is 13.4. The Kier molecular flexibility index (Phi) is 8.99. The van der Waals surface area contributed by atoms with Crippen molar-refractivity contribution in [1.82, 2.24) is 20.9 Å². The first-order valence-corrected chi connectivity index (χ1v) is 10.4. The van der Waals surface area contributed by atoms with Crippen molar-refractivity contribution in [2.24, 2.45) is 5.73 Å². The fourth-order valence-electron chi connectivity index (χ4n) is 3.48. The lowest BCUT2D eigenvalue weighted by Gasteiger charge is -2.37. The lowest BCUT2D eigenvalue weighted by atomic mass is 9.98. The zero-order valence-corrected chi connectivity index (χ0v) is 17.9. The molecule has 1 aromatic carbocycles. The number of phenols is 1. The molecule has 1 heterocycles. The van der Waals surface area contributed by atoms with E-state index in [2.05, 4.69) is 16.0 Å². The summed E-state index contributed by atoms with van der Waals surface area (Å²) in [5.41, 5.74) is 5.77. The number of hydrogen-bond donors (Lipinski definition) is 5. The molecule has 2 rings (SSSR count). The van der Waals surface area contributed by atoms with Crippen molar-refractivity contribution in [3.63, 3.8) is 0 Å². The molecule has 0 radical (unpaired) electrons. The quantitative estimate of drug-likeness (QED) is 0.310. The molecule has 0 aliphatic carbocycles. The van der Waals surface area contributed by atoms with E-state index in [0.717, 1.165) is 6.42 Å². The van der Waals surface area contributed by atoms with Crippen molar-refractivity contribution < 1.29 is 29.1 Å². The van der Waals surface area contributed by atoms with Gasteiger partial charge in [0.05, 0.1) is 13.1 Å². The van der Waals surface area contributed by atoms with E-state index < -0.39 is 35.7 Å². The molecule has 1 fully saturated rings. The zero-order chi connectivity index (χ0) is 23.7. The molecular formula is C21H29N5O6. The van der Waals surface area contributed by atoms with Crippen LogP contribution < -0.4 is 21.7 Å². The molecule has 2 atom stereocenters. The van der Waals surface area contributed by atoms with Gasteiger partial charge in [-0.15, -0.1) is 0 Å². The van der Waals surface area contributed by atoms with Crippen molar-refractivity contribution in [3.8, 4) is 5.75 Å². The predicted octanol–water partition coefficient (Wildman–Crippen LogP) is -1.46. The third-order valence-corrected chi connectivity index (χ3v) is 5.03. The van der Waals surface area contributed by atoms with Gasteiger partial charge in [-0.05, 0) is 37.0 Å². The maximum atomic E-state index is 13.4. The fraction of sp³-hybridized carbons (Fsp3) is 0.476. The summed E-state index contributed by atoms with van der Waals surface area (Å²) < 4.78 is 0. The minimum absolute atomic E-state index is 0.0635. The summed E-state index contributed by atoms with van der Waals surface area (Å²) in [6.07, 6.45) is 1.96. The van der Waals surface area contributed by atoms with E-state index in [0.29, 0.717) is 24.9 Å². The number of nitrogens with one attached hydrogen (secondary N) is 3. The molecule has 1 aliphatic heterocycles. The van der Waals surface area contributed by atoms with Crippen LogP contribution in [0.25, 0.3) is 0 Å². The van der Waals surface area contributed by atoms with Crippen molar-refractivity contribution in [2.75, 3.05) is 19.6 Å². The van der Waals surface area contributed by atoms with E-state index >= 15 is 0 Å². The molecule has 32 heavy (non-hydrogen) atoms. The second-order valence-electron chi connectivity index (χ2n) is 7.63. The lowest BCUT2D eigenvalue weighted by molar-refractivity contribution is -0.145. The highest BCUT2D eigenvalue weighted by molar-refractivity contribution is 5.94. The third-order valence-electron chi connectivity index (χ3n) is 5.03.